The number of fused-ring (bicyclic) bond motifs is 2. The van der Waals surface area contributed by atoms with Crippen LogP contribution in [-0.4, -0.2) is 40.4 Å². The van der Waals surface area contributed by atoms with E-state index >= 15 is 0 Å². The van der Waals surface area contributed by atoms with Gasteiger partial charge in [0.2, 0.25) is 0 Å². The van der Waals surface area contributed by atoms with Gasteiger partial charge < -0.3 is 14.5 Å². The summed E-state index contributed by atoms with van der Waals surface area (Å²) >= 11 is 2.62. The topological polar surface area (TPSA) is 28.1 Å². The molecular weight excluding hydrogens is 469 g/mol. The number of hydrogen-bond acceptors (Lipinski definition) is 4. The number of hydrogen-bond donors (Lipinski definition) is 0. The van der Waals surface area contributed by atoms with Gasteiger partial charge in [0.1, 0.15) is 0 Å². The largest absolute Gasteiger partial charge is 0.378 e. The van der Waals surface area contributed by atoms with Crippen LogP contribution in [0.25, 0.3) is 0 Å². The Kier molecular flexibility index (Phi) is 5.49. The molecule has 2 aromatic rings. The zero-order chi connectivity index (χ0) is 19.1. The van der Waals surface area contributed by atoms with E-state index in [0.717, 1.165) is 32.7 Å². The number of rotatable bonds is 3. The maximum atomic E-state index is 5.53. The Morgan fingerprint density at radius 2 is 1.93 bits per heavy atom. The first-order chi connectivity index (χ1) is 13.0. The first kappa shape index (κ1) is 19.2. The second-order valence-electron chi connectivity index (χ2n) is 7.28. The maximum Gasteiger partial charge on any atom is 0.0809 e. The third kappa shape index (κ3) is 3.51. The van der Waals surface area contributed by atoms with Crippen LogP contribution in [0.3, 0.4) is 0 Å². The molecule has 2 aliphatic heterocycles. The van der Waals surface area contributed by atoms with Gasteiger partial charge in [-0.2, -0.15) is 0 Å². The second-order valence-corrected chi connectivity index (χ2v) is 11.3. The minimum atomic E-state index is -0.0121. The number of aryl methyl sites for hydroxylation is 2. The molecule has 6 heteroatoms. The zero-order valence-corrected chi connectivity index (χ0v) is 19.4. The summed E-state index contributed by atoms with van der Waals surface area (Å²) in [6.07, 6.45) is 1.00. The van der Waals surface area contributed by atoms with Crippen LogP contribution in [0.4, 0.5) is 17.1 Å². The van der Waals surface area contributed by atoms with Crippen LogP contribution in [0.1, 0.15) is 18.1 Å². The van der Waals surface area contributed by atoms with Crippen LogP contribution in [-0.2, 0) is 11.2 Å². The average Bonchev–Trinajstić information content (AvgIpc) is 2.68. The maximum absolute atomic E-state index is 5.53. The standard InChI is InChI=1S/C21H26IN3OS/c1-5-15-11-16(24(3)4)12-19-21(15)23-20-14(2)10-17(13-18(20)27(19)22)25-6-8-26-9-7-25/h10-13H,5-9H2,1-4H3. The Labute approximate surface area is 175 Å². The number of ether oxygens (including phenoxy) is 1. The van der Waals surface area contributed by atoms with Gasteiger partial charge in [-0.3, -0.25) is 0 Å². The minimum absolute atomic E-state index is 0.0121. The van der Waals surface area contributed by atoms with E-state index in [9.17, 15) is 0 Å². The summed E-state index contributed by atoms with van der Waals surface area (Å²) in [7, 11) is 4.21. The van der Waals surface area contributed by atoms with E-state index in [1.165, 1.54) is 43.0 Å². The summed E-state index contributed by atoms with van der Waals surface area (Å²) < 4.78 is 6.89. The van der Waals surface area contributed by atoms with Crippen molar-refractivity contribution in [3.05, 3.63) is 45.3 Å². The number of halogens is 1. The van der Waals surface area contributed by atoms with E-state index in [1.807, 2.05) is 0 Å². The Bertz CT molecular complexity index is 1010. The lowest BCUT2D eigenvalue weighted by molar-refractivity contribution is 0.122. The summed E-state index contributed by atoms with van der Waals surface area (Å²) in [5.41, 5.74) is 6.37. The summed E-state index contributed by atoms with van der Waals surface area (Å²) in [6.45, 7) is 7.97. The van der Waals surface area contributed by atoms with Crippen molar-refractivity contribution in [3.63, 3.8) is 0 Å². The molecule has 4 rings (SSSR count). The Balaban J connectivity index is 1.94. The summed E-state index contributed by atoms with van der Waals surface area (Å²) in [5.74, 6) is 0. The first-order valence-electron chi connectivity index (χ1n) is 9.43. The molecule has 0 saturated carbocycles. The molecule has 2 aromatic carbocycles. The van der Waals surface area contributed by atoms with Gasteiger partial charge in [0.25, 0.3) is 0 Å². The summed E-state index contributed by atoms with van der Waals surface area (Å²) in [5, 5.41) is 1.17. The molecule has 144 valence electrons. The van der Waals surface area contributed by atoms with Crippen LogP contribution in [0, 0.1) is 11.4 Å². The van der Waals surface area contributed by atoms with Crippen molar-refractivity contribution in [2.75, 3.05) is 50.2 Å². The molecule has 0 spiro atoms. The van der Waals surface area contributed by atoms with Gasteiger partial charge in [-0.15, -0.1) is 0 Å². The highest BCUT2D eigenvalue weighted by molar-refractivity contribution is 14.2. The average molecular weight is 495 g/mol. The Hall–Kier alpha value is -1.12. The van der Waals surface area contributed by atoms with E-state index < -0.39 is 0 Å². The highest BCUT2D eigenvalue weighted by atomic mass is 127. The van der Waals surface area contributed by atoms with Gasteiger partial charge in [0.05, 0.1) is 24.3 Å². The predicted molar refractivity (Wildman–Crippen MR) is 124 cm³/mol. The summed E-state index contributed by atoms with van der Waals surface area (Å²) in [6, 6.07) is 9.28. The molecule has 1 atom stereocenters. The van der Waals surface area contributed by atoms with E-state index in [2.05, 4.69) is 83.2 Å². The van der Waals surface area contributed by atoms with Crippen LogP contribution in [0.2, 0.25) is 0 Å². The fourth-order valence-corrected chi connectivity index (χ4v) is 7.11. The van der Waals surface area contributed by atoms with E-state index in [0.29, 0.717) is 0 Å². The normalized spacial score (nSPS) is 18.6. The van der Waals surface area contributed by atoms with E-state index in [4.69, 9.17) is 9.73 Å². The smallest absolute Gasteiger partial charge is 0.0809 e. The van der Waals surface area contributed by atoms with Crippen LogP contribution >= 0.6 is 28.9 Å². The molecular formula is C21H26IN3OS. The molecule has 0 aromatic heterocycles. The van der Waals surface area contributed by atoms with Crippen molar-refractivity contribution >= 4 is 45.9 Å². The molecule has 1 fully saturated rings. The zero-order valence-electron chi connectivity index (χ0n) is 16.4. The van der Waals surface area contributed by atoms with Gasteiger partial charge in [0.15, 0.2) is 0 Å². The summed E-state index contributed by atoms with van der Waals surface area (Å²) in [4.78, 5) is 11.2. The number of morpholine rings is 1. The lowest BCUT2D eigenvalue weighted by Gasteiger charge is -2.29. The van der Waals surface area contributed by atoms with Crippen molar-refractivity contribution in [2.24, 2.45) is 4.99 Å². The highest BCUT2D eigenvalue weighted by Crippen LogP contribution is 2.48. The SMILES string of the molecule is CCc1cc(N(C)C)cc2c1N=c1c(C)cc(N3CCOCC3)cc1=S2I. The molecule has 2 aliphatic rings. The van der Waals surface area contributed by atoms with E-state index in [-0.39, 0.29) is 7.66 Å². The molecule has 4 nitrogen and oxygen atoms in total. The molecule has 0 bridgehead atoms. The molecule has 0 N–H and O–H groups in total. The van der Waals surface area contributed by atoms with Crippen LogP contribution in [0.15, 0.2) is 34.2 Å². The van der Waals surface area contributed by atoms with Crippen molar-refractivity contribution in [2.45, 2.75) is 25.2 Å². The third-order valence-electron chi connectivity index (χ3n) is 5.27. The van der Waals surface area contributed by atoms with Gasteiger partial charge in [-0.25, -0.2) is 4.99 Å². The monoisotopic (exact) mass is 495 g/mol. The number of benzene rings is 2. The minimum Gasteiger partial charge on any atom is -0.378 e. The van der Waals surface area contributed by atoms with Crippen LogP contribution in [0.5, 0.6) is 0 Å². The Morgan fingerprint density at radius 3 is 2.59 bits per heavy atom. The molecule has 0 radical (unpaired) electrons. The number of anilines is 2. The molecule has 1 unspecified atom stereocenters. The highest BCUT2D eigenvalue weighted by Gasteiger charge is 2.19. The molecule has 0 aliphatic carbocycles. The van der Waals surface area contributed by atoms with Gasteiger partial charge >= 0.3 is 0 Å². The number of nitrogens with zero attached hydrogens (tertiary/aromatic N) is 3. The molecule has 27 heavy (non-hydrogen) atoms. The Morgan fingerprint density at radius 1 is 1.19 bits per heavy atom. The third-order valence-corrected chi connectivity index (χ3v) is 9.51. The second kappa shape index (κ2) is 7.72. The van der Waals surface area contributed by atoms with E-state index in [1.54, 1.807) is 0 Å². The van der Waals surface area contributed by atoms with Crippen molar-refractivity contribution in [1.29, 1.82) is 0 Å². The fourth-order valence-electron chi connectivity index (χ4n) is 3.68. The quantitative estimate of drug-likeness (QED) is 0.459. The van der Waals surface area contributed by atoms with Crippen molar-refractivity contribution in [3.8, 4) is 0 Å². The van der Waals surface area contributed by atoms with Crippen molar-refractivity contribution in [1.82, 2.24) is 0 Å². The molecule has 2 heterocycles. The predicted octanol–water partition coefficient (Wildman–Crippen LogP) is 4.65. The fraction of sp³-hybridized carbons (Fsp3) is 0.429. The van der Waals surface area contributed by atoms with Crippen LogP contribution < -0.4 is 15.2 Å². The van der Waals surface area contributed by atoms with Crippen molar-refractivity contribution < 1.29 is 4.74 Å². The lowest BCUT2D eigenvalue weighted by atomic mass is 10.1. The first-order valence-corrected chi connectivity index (χ1v) is 13.2. The van der Waals surface area contributed by atoms with Gasteiger partial charge in [0, 0.05) is 48.0 Å². The molecule has 0 amide bonds. The van der Waals surface area contributed by atoms with Gasteiger partial charge in [-0.05, 0) is 69.9 Å². The van der Waals surface area contributed by atoms with Gasteiger partial charge in [-0.1, -0.05) is 14.6 Å². The molecule has 1 saturated heterocycles. The lowest BCUT2D eigenvalue weighted by Crippen LogP contribution is -2.36.